The van der Waals surface area contributed by atoms with Crippen LogP contribution >= 0.6 is 0 Å². The van der Waals surface area contributed by atoms with Crippen LogP contribution in [0.4, 0.5) is 16.2 Å². The number of aromatic nitrogens is 3. The summed E-state index contributed by atoms with van der Waals surface area (Å²) in [6, 6.07) is 9.60. The molecule has 8 nitrogen and oxygen atoms in total. The molecule has 0 fully saturated rings. The Balaban J connectivity index is 1.69. The third kappa shape index (κ3) is 3.80. The van der Waals surface area contributed by atoms with Crippen LogP contribution in [0.1, 0.15) is 30.0 Å². The van der Waals surface area contributed by atoms with E-state index in [2.05, 4.69) is 20.7 Å². The maximum atomic E-state index is 12.3. The molecule has 0 unspecified atom stereocenters. The SMILES string of the molecule is CCOC(=O)c1ccc(NC(=O)Nc2cccn3nc(CC)nc23)cc1. The number of anilines is 2. The van der Waals surface area contributed by atoms with Gasteiger partial charge in [0.05, 0.1) is 17.9 Å². The molecule has 0 aliphatic heterocycles. The van der Waals surface area contributed by atoms with E-state index in [-0.39, 0.29) is 0 Å². The second-order valence-corrected chi connectivity index (χ2v) is 5.45. The van der Waals surface area contributed by atoms with E-state index in [1.807, 2.05) is 6.92 Å². The second-order valence-electron chi connectivity index (χ2n) is 5.45. The second kappa shape index (κ2) is 7.64. The smallest absolute Gasteiger partial charge is 0.338 e. The fourth-order valence-corrected chi connectivity index (χ4v) is 2.39. The lowest BCUT2D eigenvalue weighted by molar-refractivity contribution is 0.0526. The highest BCUT2D eigenvalue weighted by Gasteiger charge is 2.11. The number of ether oxygens (including phenoxy) is 1. The predicted molar refractivity (Wildman–Crippen MR) is 97.4 cm³/mol. The first-order valence-corrected chi connectivity index (χ1v) is 8.30. The van der Waals surface area contributed by atoms with Crippen LogP contribution in [0, 0.1) is 0 Å². The van der Waals surface area contributed by atoms with E-state index < -0.39 is 12.0 Å². The molecule has 0 aliphatic rings. The number of hydrogen-bond donors (Lipinski definition) is 2. The van der Waals surface area contributed by atoms with Crippen LogP contribution in [0.15, 0.2) is 42.6 Å². The molecule has 3 rings (SSSR count). The topological polar surface area (TPSA) is 97.6 Å². The number of benzene rings is 1. The van der Waals surface area contributed by atoms with Crippen LogP contribution in [0.3, 0.4) is 0 Å². The molecule has 2 N–H and O–H groups in total. The molecule has 0 saturated heterocycles. The summed E-state index contributed by atoms with van der Waals surface area (Å²) in [5.41, 5.74) is 2.12. The van der Waals surface area contributed by atoms with Gasteiger partial charge in [-0.05, 0) is 43.3 Å². The quantitative estimate of drug-likeness (QED) is 0.687. The monoisotopic (exact) mass is 353 g/mol. The van der Waals surface area contributed by atoms with E-state index in [4.69, 9.17) is 4.74 Å². The fraction of sp³-hybridized carbons (Fsp3) is 0.222. The Morgan fingerprint density at radius 3 is 2.58 bits per heavy atom. The van der Waals surface area contributed by atoms with Crippen molar-refractivity contribution in [3.05, 3.63) is 54.0 Å². The number of pyridine rings is 1. The largest absolute Gasteiger partial charge is 0.462 e. The Morgan fingerprint density at radius 1 is 1.12 bits per heavy atom. The number of esters is 1. The normalized spacial score (nSPS) is 10.5. The van der Waals surface area contributed by atoms with Crippen molar-refractivity contribution in [2.45, 2.75) is 20.3 Å². The zero-order valence-corrected chi connectivity index (χ0v) is 14.5. The molecule has 0 spiro atoms. The third-order valence-corrected chi connectivity index (χ3v) is 3.62. The standard InChI is InChI=1S/C18H19N5O3/c1-3-15-21-16-14(6-5-11-23(16)22-15)20-18(25)19-13-9-7-12(8-10-13)17(24)26-4-2/h5-11H,3-4H2,1-2H3,(H2,19,20,25). The van der Waals surface area contributed by atoms with Crippen molar-refractivity contribution in [2.24, 2.45) is 0 Å². The van der Waals surface area contributed by atoms with E-state index in [1.54, 1.807) is 54.0 Å². The van der Waals surface area contributed by atoms with Gasteiger partial charge >= 0.3 is 12.0 Å². The van der Waals surface area contributed by atoms with Gasteiger partial charge in [0.1, 0.15) is 0 Å². The van der Waals surface area contributed by atoms with Crippen LogP contribution < -0.4 is 10.6 Å². The average molecular weight is 353 g/mol. The van der Waals surface area contributed by atoms with Gasteiger partial charge in [-0.1, -0.05) is 6.92 Å². The Hall–Kier alpha value is -3.42. The van der Waals surface area contributed by atoms with Crippen LogP contribution in [-0.2, 0) is 11.2 Å². The summed E-state index contributed by atoms with van der Waals surface area (Å²) in [6.45, 7) is 4.03. The van der Waals surface area contributed by atoms with Crippen LogP contribution in [0.5, 0.6) is 0 Å². The first-order valence-electron chi connectivity index (χ1n) is 8.30. The molecular weight excluding hydrogens is 334 g/mol. The minimum Gasteiger partial charge on any atom is -0.462 e. The number of carbonyl (C=O) groups excluding carboxylic acids is 2. The molecule has 0 aliphatic carbocycles. The molecule has 134 valence electrons. The number of amides is 2. The molecule has 0 atom stereocenters. The van der Waals surface area contributed by atoms with Crippen molar-refractivity contribution >= 4 is 29.0 Å². The molecular formula is C18H19N5O3. The van der Waals surface area contributed by atoms with E-state index in [0.29, 0.717) is 41.4 Å². The zero-order chi connectivity index (χ0) is 18.5. The number of carbonyl (C=O) groups is 2. The highest BCUT2D eigenvalue weighted by Crippen LogP contribution is 2.16. The number of fused-ring (bicyclic) bond motifs is 1. The van der Waals surface area contributed by atoms with Crippen LogP contribution in [-0.4, -0.2) is 33.2 Å². The summed E-state index contributed by atoms with van der Waals surface area (Å²) in [4.78, 5) is 28.3. The molecule has 8 heteroatoms. The highest BCUT2D eigenvalue weighted by molar-refractivity contribution is 6.02. The summed E-state index contributed by atoms with van der Waals surface area (Å²) in [5.74, 6) is 0.308. The molecule has 0 saturated carbocycles. The third-order valence-electron chi connectivity index (χ3n) is 3.62. The van der Waals surface area contributed by atoms with Crippen molar-refractivity contribution < 1.29 is 14.3 Å². The first-order chi connectivity index (χ1) is 12.6. The Morgan fingerprint density at radius 2 is 1.88 bits per heavy atom. The van der Waals surface area contributed by atoms with E-state index in [0.717, 1.165) is 0 Å². The molecule has 26 heavy (non-hydrogen) atoms. The molecule has 2 amide bonds. The summed E-state index contributed by atoms with van der Waals surface area (Å²) in [5, 5.41) is 9.79. The molecule has 1 aromatic carbocycles. The van der Waals surface area contributed by atoms with Crippen molar-refractivity contribution in [1.29, 1.82) is 0 Å². The van der Waals surface area contributed by atoms with Gasteiger partial charge < -0.3 is 15.4 Å². The Bertz CT molecular complexity index is 934. The summed E-state index contributed by atoms with van der Waals surface area (Å²) < 4.78 is 6.55. The molecule has 0 bridgehead atoms. The van der Waals surface area contributed by atoms with Gasteiger partial charge in [-0.2, -0.15) is 5.10 Å². The van der Waals surface area contributed by atoms with Crippen molar-refractivity contribution in [1.82, 2.24) is 14.6 Å². The first kappa shape index (κ1) is 17.4. The van der Waals surface area contributed by atoms with Crippen LogP contribution in [0.25, 0.3) is 5.65 Å². The van der Waals surface area contributed by atoms with Crippen molar-refractivity contribution in [3.8, 4) is 0 Å². The maximum Gasteiger partial charge on any atom is 0.338 e. The predicted octanol–water partition coefficient (Wildman–Crippen LogP) is 3.11. The average Bonchev–Trinajstić information content (AvgIpc) is 3.07. The molecule has 2 aromatic heterocycles. The van der Waals surface area contributed by atoms with Gasteiger partial charge in [0, 0.05) is 18.3 Å². The maximum absolute atomic E-state index is 12.3. The molecule has 2 heterocycles. The number of nitrogens with one attached hydrogen (secondary N) is 2. The fourth-order valence-electron chi connectivity index (χ4n) is 2.39. The zero-order valence-electron chi connectivity index (χ0n) is 14.5. The number of rotatable bonds is 5. The summed E-state index contributed by atoms with van der Waals surface area (Å²) >= 11 is 0. The summed E-state index contributed by atoms with van der Waals surface area (Å²) in [7, 11) is 0. The highest BCUT2D eigenvalue weighted by atomic mass is 16.5. The number of hydrogen-bond acceptors (Lipinski definition) is 5. The van der Waals surface area contributed by atoms with E-state index in [9.17, 15) is 9.59 Å². The van der Waals surface area contributed by atoms with E-state index >= 15 is 0 Å². The molecule has 0 radical (unpaired) electrons. The number of nitrogens with zero attached hydrogens (tertiary/aromatic N) is 3. The Kier molecular flexibility index (Phi) is 5.12. The number of urea groups is 1. The minimum atomic E-state index is -0.414. The van der Waals surface area contributed by atoms with Crippen molar-refractivity contribution in [2.75, 3.05) is 17.2 Å². The minimum absolute atomic E-state index is 0.315. The lowest BCUT2D eigenvalue weighted by Gasteiger charge is -2.09. The molecule has 3 aromatic rings. The Labute approximate surface area is 150 Å². The summed E-state index contributed by atoms with van der Waals surface area (Å²) in [6.07, 6.45) is 2.48. The van der Waals surface area contributed by atoms with Crippen molar-refractivity contribution in [3.63, 3.8) is 0 Å². The van der Waals surface area contributed by atoms with Gasteiger partial charge in [0.15, 0.2) is 11.5 Å². The van der Waals surface area contributed by atoms with Crippen LogP contribution in [0.2, 0.25) is 0 Å². The number of aryl methyl sites for hydroxylation is 1. The lowest BCUT2D eigenvalue weighted by Crippen LogP contribution is -2.20. The van der Waals surface area contributed by atoms with Gasteiger partial charge in [0.2, 0.25) is 0 Å². The van der Waals surface area contributed by atoms with Gasteiger partial charge in [-0.25, -0.2) is 19.1 Å². The van der Waals surface area contributed by atoms with Gasteiger partial charge in [-0.15, -0.1) is 0 Å². The van der Waals surface area contributed by atoms with Gasteiger partial charge in [-0.3, -0.25) is 0 Å². The van der Waals surface area contributed by atoms with Gasteiger partial charge in [0.25, 0.3) is 0 Å². The van der Waals surface area contributed by atoms with E-state index in [1.165, 1.54) is 0 Å². The lowest BCUT2D eigenvalue weighted by atomic mass is 10.2.